The molecule has 492 valence electrons. The average Bonchev–Trinajstić information content (AvgIpc) is 0.589. The van der Waals surface area contributed by atoms with Gasteiger partial charge in [-0.25, -0.2) is 0 Å². The quantitative estimate of drug-likeness (QED) is 0.156. The lowest BCUT2D eigenvalue weighted by atomic mass is 9.93. The summed E-state index contributed by atoms with van der Waals surface area (Å²) in [6.07, 6.45) is 0. The van der Waals surface area contributed by atoms with Gasteiger partial charge < -0.3 is 0 Å². The first-order valence-corrected chi connectivity index (χ1v) is 35.3. The van der Waals surface area contributed by atoms with Crippen LogP contribution in [0.2, 0.25) is 0 Å². The number of rotatable bonds is 6. The van der Waals surface area contributed by atoms with Gasteiger partial charge in [-0.15, -0.1) is 0 Å². The number of benzene rings is 18. The lowest BCUT2D eigenvalue weighted by Crippen LogP contribution is -1.86. The van der Waals surface area contributed by atoms with Gasteiger partial charge in [0.25, 0.3) is 0 Å². The molecule has 0 aliphatic rings. The van der Waals surface area contributed by atoms with Crippen LogP contribution in [0.5, 0.6) is 0 Å². The van der Waals surface area contributed by atoms with E-state index in [4.69, 9.17) is 0 Å². The zero-order valence-electron chi connectivity index (χ0n) is 59.1. The first kappa shape index (κ1) is 68.1. The Kier molecular flexibility index (Phi) is 22.0. The molecule has 18 aromatic rings. The molecule has 0 aliphatic heterocycles. The zero-order chi connectivity index (χ0) is 70.0. The van der Waals surface area contributed by atoms with Crippen LogP contribution in [-0.4, -0.2) is 0 Å². The fourth-order valence-corrected chi connectivity index (χ4v) is 13.5. The van der Waals surface area contributed by atoms with E-state index in [9.17, 15) is 0 Å². The Bertz CT molecular complexity index is 5790. The average molecular weight is 1310 g/mol. The van der Waals surface area contributed by atoms with Gasteiger partial charge in [-0.2, -0.15) is 0 Å². The molecular weight excluding hydrogens is 1230 g/mol. The standard InChI is InChI=1S/2C23H18.2C17H14.2C11H10/c1-17-14-20(18-8-3-2-4-9-18)16-21(15-17)23-13-7-11-19-10-5-6-12-22(19)23;1-17-13-22(18-7-3-2-4-8-18)16-23(14-17)21-12-11-19-9-5-6-10-20(19)15-21;1-13-7-5-12-17-15(13)10-6-11-16(17)14-8-3-2-4-9-14;1-13-7-8-17-12-16(10-9-15(17)11-13)14-5-3-2-4-6-14;1-9-5-4-7-10-6-2-3-8-11(9)10;1-9-6-7-10-4-2-3-5-11(10)8-9/h2*2-16H,1H3;2*2-12H,1H3;2*2-8H,1H3. The summed E-state index contributed by atoms with van der Waals surface area (Å²) in [6, 6.07) is 142. The van der Waals surface area contributed by atoms with E-state index in [1.807, 2.05) is 6.07 Å². The predicted octanol–water partition coefficient (Wildman–Crippen LogP) is 28.9. The van der Waals surface area contributed by atoms with Gasteiger partial charge >= 0.3 is 0 Å². The summed E-state index contributed by atoms with van der Waals surface area (Å²) < 4.78 is 0. The highest BCUT2D eigenvalue weighted by Gasteiger charge is 2.10. The van der Waals surface area contributed by atoms with E-state index >= 15 is 0 Å². The van der Waals surface area contributed by atoms with Crippen LogP contribution >= 0.6 is 0 Å². The van der Waals surface area contributed by atoms with Crippen molar-refractivity contribution in [3.63, 3.8) is 0 Å². The summed E-state index contributed by atoms with van der Waals surface area (Å²) in [4.78, 5) is 0. The number of fused-ring (bicyclic) bond motifs is 6. The molecule has 0 aromatic heterocycles. The maximum absolute atomic E-state index is 2.30. The van der Waals surface area contributed by atoms with Crippen molar-refractivity contribution in [3.8, 4) is 66.8 Å². The fourth-order valence-electron chi connectivity index (χ4n) is 13.5. The van der Waals surface area contributed by atoms with Crippen LogP contribution in [0.25, 0.3) is 131 Å². The largest absolute Gasteiger partial charge is 0.0622 e. The Morgan fingerprint density at radius 1 is 0.127 bits per heavy atom. The molecule has 0 fully saturated rings. The van der Waals surface area contributed by atoms with Crippen LogP contribution < -0.4 is 0 Å². The molecule has 0 nitrogen and oxygen atoms in total. The second-order valence-corrected chi connectivity index (χ2v) is 26.4. The molecule has 0 aliphatic carbocycles. The lowest BCUT2D eigenvalue weighted by molar-refractivity contribution is 1.46. The summed E-state index contributed by atoms with van der Waals surface area (Å²) in [5, 5.41) is 15.8. The van der Waals surface area contributed by atoms with E-state index < -0.39 is 0 Å². The molecule has 18 aromatic carbocycles. The molecule has 0 atom stereocenters. The van der Waals surface area contributed by atoms with Crippen LogP contribution in [0.15, 0.2) is 400 Å². The Morgan fingerprint density at radius 2 is 0.431 bits per heavy atom. The van der Waals surface area contributed by atoms with Crippen molar-refractivity contribution in [1.82, 2.24) is 0 Å². The lowest BCUT2D eigenvalue weighted by Gasteiger charge is -2.11. The molecular formula is C102H84. The van der Waals surface area contributed by atoms with Crippen molar-refractivity contribution in [2.45, 2.75) is 41.5 Å². The van der Waals surface area contributed by atoms with Crippen LogP contribution in [0.1, 0.15) is 33.4 Å². The second kappa shape index (κ2) is 32.9. The number of aryl methyl sites for hydroxylation is 6. The van der Waals surface area contributed by atoms with Crippen molar-refractivity contribution in [2.75, 3.05) is 0 Å². The summed E-state index contributed by atoms with van der Waals surface area (Å²) >= 11 is 0. The number of hydrogen-bond donors (Lipinski definition) is 0. The summed E-state index contributed by atoms with van der Waals surface area (Å²) in [6.45, 7) is 12.9. The van der Waals surface area contributed by atoms with Crippen molar-refractivity contribution in [1.29, 1.82) is 0 Å². The molecule has 0 bridgehead atoms. The van der Waals surface area contributed by atoms with Gasteiger partial charge in [0, 0.05) is 0 Å². The van der Waals surface area contributed by atoms with Gasteiger partial charge in [0.2, 0.25) is 0 Å². The van der Waals surface area contributed by atoms with Crippen molar-refractivity contribution in [2.24, 2.45) is 0 Å². The topological polar surface area (TPSA) is 0 Å². The van der Waals surface area contributed by atoms with Crippen LogP contribution in [-0.2, 0) is 0 Å². The highest BCUT2D eigenvalue weighted by molar-refractivity contribution is 5.99. The zero-order valence-corrected chi connectivity index (χ0v) is 59.1. The Morgan fingerprint density at radius 3 is 0.980 bits per heavy atom. The van der Waals surface area contributed by atoms with E-state index in [0.29, 0.717) is 0 Å². The predicted molar refractivity (Wildman–Crippen MR) is 445 cm³/mol. The van der Waals surface area contributed by atoms with Gasteiger partial charge in [-0.1, -0.05) is 387 Å². The smallest absolute Gasteiger partial charge is 0.0103 e. The molecule has 0 saturated heterocycles. The normalized spacial score (nSPS) is 10.6. The van der Waals surface area contributed by atoms with Gasteiger partial charge in [-0.05, 0) is 219 Å². The van der Waals surface area contributed by atoms with E-state index in [2.05, 4.69) is 436 Å². The molecule has 102 heavy (non-hydrogen) atoms. The molecule has 0 heterocycles. The molecule has 0 spiro atoms. The minimum Gasteiger partial charge on any atom is -0.0622 e. The monoisotopic (exact) mass is 1310 g/mol. The van der Waals surface area contributed by atoms with Crippen molar-refractivity contribution >= 4 is 64.6 Å². The van der Waals surface area contributed by atoms with Gasteiger partial charge in [0.1, 0.15) is 0 Å². The third kappa shape index (κ3) is 17.1. The van der Waals surface area contributed by atoms with Gasteiger partial charge in [-0.3, -0.25) is 0 Å². The molecule has 0 saturated carbocycles. The summed E-state index contributed by atoms with van der Waals surface area (Å²) in [5.41, 5.74) is 23.2. The highest BCUT2D eigenvalue weighted by atomic mass is 14.1. The van der Waals surface area contributed by atoms with E-state index in [0.717, 1.165) is 0 Å². The maximum Gasteiger partial charge on any atom is -0.0103 e. The van der Waals surface area contributed by atoms with Crippen molar-refractivity contribution < 1.29 is 0 Å². The molecule has 0 amide bonds. The third-order valence-electron chi connectivity index (χ3n) is 18.8. The van der Waals surface area contributed by atoms with Gasteiger partial charge in [0.15, 0.2) is 0 Å². The first-order valence-electron chi connectivity index (χ1n) is 35.3. The van der Waals surface area contributed by atoms with Crippen LogP contribution in [0.3, 0.4) is 0 Å². The van der Waals surface area contributed by atoms with Crippen molar-refractivity contribution in [3.05, 3.63) is 434 Å². The molecule has 0 heteroatoms. The Balaban J connectivity index is 0.000000111. The van der Waals surface area contributed by atoms with E-state index in [1.165, 1.54) is 165 Å². The fraction of sp³-hybridized carbons (Fsp3) is 0.0588. The van der Waals surface area contributed by atoms with E-state index in [1.54, 1.807) is 0 Å². The third-order valence-corrected chi connectivity index (χ3v) is 18.8. The van der Waals surface area contributed by atoms with Gasteiger partial charge in [0.05, 0.1) is 0 Å². The van der Waals surface area contributed by atoms with E-state index in [-0.39, 0.29) is 0 Å². The highest BCUT2D eigenvalue weighted by Crippen LogP contribution is 2.35. The summed E-state index contributed by atoms with van der Waals surface area (Å²) in [5.74, 6) is 0. The Hall–Kier alpha value is -12.5. The Labute approximate surface area is 602 Å². The molecule has 0 N–H and O–H groups in total. The number of hydrogen-bond acceptors (Lipinski definition) is 0. The van der Waals surface area contributed by atoms with Crippen LogP contribution in [0.4, 0.5) is 0 Å². The maximum atomic E-state index is 2.30. The SMILES string of the molecule is Cc1cc(-c2ccccc2)cc(-c2ccc3ccccc3c2)c1.Cc1cc(-c2ccccc2)cc(-c2cccc3ccccc23)c1.Cc1ccc2cc(-c3ccccc3)ccc2c1.Cc1ccc2ccccc2c1.Cc1cccc2c(-c3ccccc3)cccc12.Cc1cccc2ccccc12. The molecule has 0 radical (unpaired) electrons. The molecule has 0 unspecified atom stereocenters. The molecule has 18 rings (SSSR count). The second-order valence-electron chi connectivity index (χ2n) is 26.4. The first-order chi connectivity index (χ1) is 50.0. The summed E-state index contributed by atoms with van der Waals surface area (Å²) in [7, 11) is 0. The van der Waals surface area contributed by atoms with Crippen LogP contribution in [0, 0.1) is 41.5 Å². The minimum absolute atomic E-state index is 1.26. The minimum atomic E-state index is 1.26.